The first-order chi connectivity index (χ1) is 8.42. The number of rotatable bonds is 4. The molecule has 0 aliphatic rings. The zero-order chi connectivity index (χ0) is 11.9. The number of benzene rings is 2. The van der Waals surface area contributed by atoms with Gasteiger partial charge < -0.3 is 10.6 Å². The van der Waals surface area contributed by atoms with Crippen molar-refractivity contribution in [2.75, 3.05) is 11.4 Å². The highest BCUT2D eigenvalue weighted by molar-refractivity contribution is 5.65. The Morgan fingerprint density at radius 3 is 1.71 bits per heavy atom. The summed E-state index contributed by atoms with van der Waals surface area (Å²) in [4.78, 5) is 2.12. The van der Waals surface area contributed by atoms with Crippen molar-refractivity contribution in [1.82, 2.24) is 0 Å². The molecule has 0 radical (unpaired) electrons. The smallest absolute Gasteiger partial charge is 0.0455 e. The maximum Gasteiger partial charge on any atom is 0.0455 e. The molecule has 0 heterocycles. The lowest BCUT2D eigenvalue weighted by Gasteiger charge is -2.20. The normalized spacial score (nSPS) is 10.6. The van der Waals surface area contributed by atoms with Crippen LogP contribution in [-0.2, 0) is 0 Å². The summed E-state index contributed by atoms with van der Waals surface area (Å²) in [6.45, 7) is 0.538. The van der Waals surface area contributed by atoms with E-state index in [-0.39, 0.29) is 0 Å². The first kappa shape index (κ1) is 11.4. The maximum absolute atomic E-state index is 5.52. The van der Waals surface area contributed by atoms with Crippen LogP contribution in [0.2, 0.25) is 0 Å². The largest absolute Gasteiger partial charge is 0.327 e. The Labute approximate surface area is 102 Å². The lowest BCUT2D eigenvalue weighted by Crippen LogP contribution is -2.09. The van der Waals surface area contributed by atoms with Gasteiger partial charge in [0.15, 0.2) is 0 Å². The molecule has 0 atom stereocenters. The van der Waals surface area contributed by atoms with E-state index in [9.17, 15) is 0 Å². The van der Waals surface area contributed by atoms with Crippen LogP contribution in [0.25, 0.3) is 0 Å². The average Bonchev–Trinajstić information content (AvgIpc) is 2.42. The molecule has 0 aromatic heterocycles. The van der Waals surface area contributed by atoms with Gasteiger partial charge in [0.1, 0.15) is 0 Å². The second-order valence-electron chi connectivity index (χ2n) is 3.66. The van der Waals surface area contributed by atoms with E-state index < -0.39 is 0 Å². The fourth-order valence-corrected chi connectivity index (χ4v) is 1.66. The van der Waals surface area contributed by atoms with Gasteiger partial charge in [0.05, 0.1) is 0 Å². The molecule has 0 bridgehead atoms. The van der Waals surface area contributed by atoms with Gasteiger partial charge in [0.25, 0.3) is 0 Å². The molecule has 86 valence electrons. The van der Waals surface area contributed by atoms with E-state index in [1.807, 2.05) is 48.7 Å². The van der Waals surface area contributed by atoms with Crippen LogP contribution >= 0.6 is 0 Å². The molecule has 2 aromatic rings. The highest BCUT2D eigenvalue weighted by Gasteiger charge is 2.03. The van der Waals surface area contributed by atoms with Crippen LogP contribution in [0.15, 0.2) is 72.9 Å². The predicted octanol–water partition coefficient (Wildman–Crippen LogP) is 3.30. The highest BCUT2D eigenvalue weighted by Crippen LogP contribution is 2.24. The zero-order valence-electron chi connectivity index (χ0n) is 9.66. The summed E-state index contributed by atoms with van der Waals surface area (Å²) in [5.74, 6) is 0. The number of hydrogen-bond acceptors (Lipinski definition) is 2. The summed E-state index contributed by atoms with van der Waals surface area (Å²) >= 11 is 0. The molecule has 0 unspecified atom stereocenters. The van der Waals surface area contributed by atoms with E-state index in [1.165, 1.54) is 0 Å². The van der Waals surface area contributed by atoms with Gasteiger partial charge in [-0.15, -0.1) is 0 Å². The van der Waals surface area contributed by atoms with Crippen molar-refractivity contribution in [1.29, 1.82) is 0 Å². The van der Waals surface area contributed by atoms with Crippen LogP contribution in [0.3, 0.4) is 0 Å². The quantitative estimate of drug-likeness (QED) is 0.863. The van der Waals surface area contributed by atoms with E-state index in [0.717, 1.165) is 11.4 Å². The van der Waals surface area contributed by atoms with E-state index >= 15 is 0 Å². The van der Waals surface area contributed by atoms with Gasteiger partial charge in [-0.05, 0) is 24.3 Å². The molecule has 0 saturated carbocycles. The molecule has 0 spiro atoms. The SMILES string of the molecule is NC/C=C/N(c1ccccc1)c1ccccc1. The third-order valence-electron chi connectivity index (χ3n) is 2.46. The van der Waals surface area contributed by atoms with Gasteiger partial charge in [-0.2, -0.15) is 0 Å². The van der Waals surface area contributed by atoms with Gasteiger partial charge in [-0.3, -0.25) is 0 Å². The third-order valence-corrected chi connectivity index (χ3v) is 2.46. The Bertz CT molecular complexity index is 423. The third kappa shape index (κ3) is 2.95. The van der Waals surface area contributed by atoms with Crippen molar-refractivity contribution in [3.05, 3.63) is 72.9 Å². The lowest BCUT2D eigenvalue weighted by atomic mass is 10.2. The van der Waals surface area contributed by atoms with Crippen LogP contribution in [0, 0.1) is 0 Å². The Morgan fingerprint density at radius 2 is 1.29 bits per heavy atom. The molecule has 2 heteroatoms. The summed E-state index contributed by atoms with van der Waals surface area (Å²) < 4.78 is 0. The Hall–Kier alpha value is -2.06. The second kappa shape index (κ2) is 5.87. The Kier molecular flexibility index (Phi) is 3.95. The van der Waals surface area contributed by atoms with Crippen LogP contribution in [-0.4, -0.2) is 6.54 Å². The van der Waals surface area contributed by atoms with Gasteiger partial charge in [-0.25, -0.2) is 0 Å². The minimum atomic E-state index is 0.538. The minimum Gasteiger partial charge on any atom is -0.327 e. The first-order valence-corrected chi connectivity index (χ1v) is 5.68. The first-order valence-electron chi connectivity index (χ1n) is 5.68. The van der Waals surface area contributed by atoms with Gasteiger partial charge >= 0.3 is 0 Å². The Balaban J connectivity index is 2.36. The van der Waals surface area contributed by atoms with Crippen LogP contribution in [0.1, 0.15) is 0 Å². The van der Waals surface area contributed by atoms with E-state index in [2.05, 4.69) is 29.2 Å². The maximum atomic E-state index is 5.52. The van der Waals surface area contributed by atoms with Crippen molar-refractivity contribution in [3.63, 3.8) is 0 Å². The molecular weight excluding hydrogens is 208 g/mol. The lowest BCUT2D eigenvalue weighted by molar-refractivity contribution is 1.21. The fourth-order valence-electron chi connectivity index (χ4n) is 1.66. The Morgan fingerprint density at radius 1 is 0.824 bits per heavy atom. The van der Waals surface area contributed by atoms with Crippen molar-refractivity contribution in [2.45, 2.75) is 0 Å². The molecule has 2 N–H and O–H groups in total. The van der Waals surface area contributed by atoms with Gasteiger partial charge in [0.2, 0.25) is 0 Å². The standard InChI is InChI=1S/C15H16N2/c16-12-7-13-17(14-8-3-1-4-9-14)15-10-5-2-6-11-15/h1-11,13H,12,16H2/b13-7+. The highest BCUT2D eigenvalue weighted by atomic mass is 15.1. The second-order valence-corrected chi connectivity index (χ2v) is 3.66. The van der Waals surface area contributed by atoms with E-state index in [4.69, 9.17) is 5.73 Å². The monoisotopic (exact) mass is 224 g/mol. The zero-order valence-corrected chi connectivity index (χ0v) is 9.66. The molecule has 2 nitrogen and oxygen atoms in total. The predicted molar refractivity (Wildman–Crippen MR) is 73.2 cm³/mol. The summed E-state index contributed by atoms with van der Waals surface area (Å²) in [7, 11) is 0. The number of hydrogen-bond donors (Lipinski definition) is 1. The topological polar surface area (TPSA) is 29.3 Å². The molecule has 0 fully saturated rings. The molecule has 17 heavy (non-hydrogen) atoms. The van der Waals surface area contributed by atoms with Crippen LogP contribution in [0.4, 0.5) is 11.4 Å². The number of anilines is 2. The number of nitrogens with two attached hydrogens (primary N) is 1. The average molecular weight is 224 g/mol. The van der Waals surface area contributed by atoms with Crippen molar-refractivity contribution in [3.8, 4) is 0 Å². The van der Waals surface area contributed by atoms with E-state index in [1.54, 1.807) is 0 Å². The summed E-state index contributed by atoms with van der Waals surface area (Å²) in [5, 5.41) is 0. The summed E-state index contributed by atoms with van der Waals surface area (Å²) in [6, 6.07) is 20.5. The van der Waals surface area contributed by atoms with Crippen molar-refractivity contribution < 1.29 is 0 Å². The van der Waals surface area contributed by atoms with Crippen LogP contribution in [0.5, 0.6) is 0 Å². The molecule has 2 rings (SSSR count). The van der Waals surface area contributed by atoms with Gasteiger partial charge in [-0.1, -0.05) is 42.5 Å². The summed E-state index contributed by atoms with van der Waals surface area (Å²) in [6.07, 6.45) is 3.95. The fraction of sp³-hybridized carbons (Fsp3) is 0.0667. The van der Waals surface area contributed by atoms with Crippen LogP contribution < -0.4 is 10.6 Å². The molecular formula is C15H16N2. The number of para-hydroxylation sites is 2. The molecule has 0 aliphatic carbocycles. The molecule has 2 aromatic carbocycles. The molecule has 0 amide bonds. The van der Waals surface area contributed by atoms with Crippen molar-refractivity contribution in [2.24, 2.45) is 5.73 Å². The number of nitrogens with zero attached hydrogens (tertiary/aromatic N) is 1. The van der Waals surface area contributed by atoms with Crippen molar-refractivity contribution >= 4 is 11.4 Å². The molecule has 0 aliphatic heterocycles. The molecule has 0 saturated heterocycles. The van der Waals surface area contributed by atoms with Gasteiger partial charge in [0, 0.05) is 24.1 Å². The van der Waals surface area contributed by atoms with E-state index in [0.29, 0.717) is 6.54 Å². The minimum absolute atomic E-state index is 0.538. The summed E-state index contributed by atoms with van der Waals surface area (Å²) in [5.41, 5.74) is 7.78.